The average molecular weight is 436 g/mol. The molecule has 4 nitrogen and oxygen atoms in total. The number of benzene rings is 1. The minimum atomic E-state index is -1.02. The Hall–Kier alpha value is -2.36. The minimum Gasteiger partial charge on any atom is -0.479 e. The van der Waals surface area contributed by atoms with Gasteiger partial charge in [-0.05, 0) is 66.8 Å². The second-order valence-corrected chi connectivity index (χ2v) is 11.1. The van der Waals surface area contributed by atoms with Crippen molar-refractivity contribution in [2.45, 2.75) is 71.8 Å². The fourth-order valence-corrected chi connectivity index (χ4v) is 7.12. The molecule has 4 heteroatoms. The van der Waals surface area contributed by atoms with Gasteiger partial charge in [0, 0.05) is 0 Å². The number of fused-ring (bicyclic) bond motifs is 3. The van der Waals surface area contributed by atoms with Crippen molar-refractivity contribution in [3.63, 3.8) is 0 Å². The van der Waals surface area contributed by atoms with Gasteiger partial charge in [0.05, 0.1) is 5.41 Å². The fourth-order valence-electron chi connectivity index (χ4n) is 7.12. The van der Waals surface area contributed by atoms with E-state index in [4.69, 9.17) is 0 Å². The van der Waals surface area contributed by atoms with Gasteiger partial charge in [-0.2, -0.15) is 0 Å². The zero-order valence-corrected chi connectivity index (χ0v) is 19.7. The highest BCUT2D eigenvalue weighted by Gasteiger charge is 2.57. The van der Waals surface area contributed by atoms with E-state index in [0.717, 1.165) is 44.9 Å². The molecule has 4 rings (SSSR count). The molecule has 2 N–H and O–H groups in total. The Bertz CT molecular complexity index is 937. The molecule has 32 heavy (non-hydrogen) atoms. The normalized spacial score (nSPS) is 37.3. The molecule has 172 valence electrons. The fraction of sp³-hybridized carbons (Fsp3) is 0.571. The lowest BCUT2D eigenvalue weighted by Gasteiger charge is -2.58. The van der Waals surface area contributed by atoms with Crippen LogP contribution in [0.3, 0.4) is 0 Å². The summed E-state index contributed by atoms with van der Waals surface area (Å²) in [7, 11) is 0. The van der Waals surface area contributed by atoms with Gasteiger partial charge < -0.3 is 10.4 Å². The molecule has 1 aromatic rings. The summed E-state index contributed by atoms with van der Waals surface area (Å²) in [6, 6.07) is 7.98. The van der Waals surface area contributed by atoms with Gasteiger partial charge in [0.1, 0.15) is 0 Å². The Kier molecular flexibility index (Phi) is 5.85. The molecule has 1 aromatic carbocycles. The van der Waals surface area contributed by atoms with E-state index in [0.29, 0.717) is 11.5 Å². The number of nitrogens with one attached hydrogen (secondary N) is 1. The first-order chi connectivity index (χ1) is 15.1. The third-order valence-electron chi connectivity index (χ3n) is 9.00. The van der Waals surface area contributed by atoms with Crippen molar-refractivity contribution in [1.82, 2.24) is 5.32 Å². The Morgan fingerprint density at radius 3 is 2.53 bits per heavy atom. The van der Waals surface area contributed by atoms with Crippen molar-refractivity contribution in [3.8, 4) is 0 Å². The summed E-state index contributed by atoms with van der Waals surface area (Å²) in [6.45, 7) is 10.8. The van der Waals surface area contributed by atoms with E-state index in [1.54, 1.807) is 17.7 Å². The quantitative estimate of drug-likeness (QED) is 0.552. The lowest BCUT2D eigenvalue weighted by molar-refractivity contribution is -0.149. The maximum absolute atomic E-state index is 13.7. The van der Waals surface area contributed by atoms with Crippen molar-refractivity contribution in [3.05, 3.63) is 60.2 Å². The maximum atomic E-state index is 13.7. The summed E-state index contributed by atoms with van der Waals surface area (Å²) in [5.74, 6) is -0.344. The molecule has 0 spiro atoms. The molecule has 6 atom stereocenters. The molecule has 0 aromatic heterocycles. The topological polar surface area (TPSA) is 66.4 Å². The summed E-state index contributed by atoms with van der Waals surface area (Å²) in [6.07, 6.45) is 11.7. The van der Waals surface area contributed by atoms with Crippen LogP contribution in [0.2, 0.25) is 0 Å². The van der Waals surface area contributed by atoms with Crippen molar-refractivity contribution >= 4 is 11.9 Å². The number of aliphatic carboxylic acids is 1. The van der Waals surface area contributed by atoms with Crippen molar-refractivity contribution in [1.29, 1.82) is 0 Å². The number of carboxylic acids is 1. The number of hydrogen-bond acceptors (Lipinski definition) is 2. The van der Waals surface area contributed by atoms with Crippen LogP contribution < -0.4 is 5.32 Å². The van der Waals surface area contributed by atoms with Crippen LogP contribution >= 0.6 is 0 Å². The number of carbonyl (C=O) groups is 2. The summed E-state index contributed by atoms with van der Waals surface area (Å²) in [4.78, 5) is 25.7. The molecule has 0 unspecified atom stereocenters. The van der Waals surface area contributed by atoms with Crippen LogP contribution in [-0.2, 0) is 9.59 Å². The highest BCUT2D eigenvalue weighted by Crippen LogP contribution is 2.63. The first kappa shape index (κ1) is 22.8. The van der Waals surface area contributed by atoms with Crippen molar-refractivity contribution in [2.24, 2.45) is 28.1 Å². The summed E-state index contributed by atoms with van der Waals surface area (Å²) in [5, 5.41) is 12.8. The molecule has 0 radical (unpaired) electrons. The van der Waals surface area contributed by atoms with Crippen molar-refractivity contribution < 1.29 is 14.7 Å². The van der Waals surface area contributed by atoms with Crippen LogP contribution in [0.1, 0.15) is 77.3 Å². The zero-order chi connectivity index (χ0) is 23.1. The van der Waals surface area contributed by atoms with Gasteiger partial charge in [-0.25, -0.2) is 4.79 Å². The molecule has 2 fully saturated rings. The maximum Gasteiger partial charge on any atom is 0.330 e. The summed E-state index contributed by atoms with van der Waals surface area (Å²) < 4.78 is 0. The van der Waals surface area contributed by atoms with Gasteiger partial charge in [0.25, 0.3) is 0 Å². The molecule has 3 aliphatic carbocycles. The number of allylic oxidation sites excluding steroid dienone is 3. The van der Waals surface area contributed by atoms with E-state index in [1.807, 2.05) is 18.2 Å². The zero-order valence-electron chi connectivity index (χ0n) is 19.7. The van der Waals surface area contributed by atoms with E-state index in [1.165, 1.54) is 0 Å². The Morgan fingerprint density at radius 2 is 1.88 bits per heavy atom. The third-order valence-corrected chi connectivity index (χ3v) is 9.00. The van der Waals surface area contributed by atoms with Crippen LogP contribution in [-0.4, -0.2) is 17.0 Å². The Morgan fingerprint density at radius 1 is 1.16 bits per heavy atom. The third kappa shape index (κ3) is 3.72. The highest BCUT2D eigenvalue weighted by atomic mass is 16.4. The SMILES string of the molecule is C=C[C@@]1(C)CC=C2[C@@H](CC[C@@H]3[C@](C)(C(=O)N[C@H](C(=O)O)c4ccccc4)CCC[C@@]23C)C1. The molecular formula is C28H37NO3. The summed E-state index contributed by atoms with van der Waals surface area (Å²) >= 11 is 0. The predicted octanol–water partition coefficient (Wildman–Crippen LogP) is 6.06. The van der Waals surface area contributed by atoms with E-state index in [-0.39, 0.29) is 22.7 Å². The summed E-state index contributed by atoms with van der Waals surface area (Å²) in [5.41, 5.74) is 1.75. The second-order valence-electron chi connectivity index (χ2n) is 11.1. The molecule has 2 saturated carbocycles. The number of carboxylic acid groups (broad SMARTS) is 1. The second kappa shape index (κ2) is 8.20. The van der Waals surface area contributed by atoms with Gasteiger partial charge in [-0.1, -0.05) is 75.2 Å². The molecule has 0 saturated heterocycles. The molecule has 0 aliphatic heterocycles. The van der Waals surface area contributed by atoms with Gasteiger partial charge >= 0.3 is 5.97 Å². The smallest absolute Gasteiger partial charge is 0.330 e. The van der Waals surface area contributed by atoms with Crippen LogP contribution in [0, 0.1) is 28.1 Å². The van der Waals surface area contributed by atoms with E-state index >= 15 is 0 Å². The highest BCUT2D eigenvalue weighted by molar-refractivity contribution is 5.88. The number of carbonyl (C=O) groups excluding carboxylic acids is 1. The van der Waals surface area contributed by atoms with Crippen LogP contribution in [0.15, 0.2) is 54.6 Å². The number of hydrogen-bond donors (Lipinski definition) is 2. The number of amides is 1. The van der Waals surface area contributed by atoms with Crippen molar-refractivity contribution in [2.75, 3.05) is 0 Å². The molecular weight excluding hydrogens is 398 g/mol. The lowest BCUT2D eigenvalue weighted by atomic mass is 9.46. The monoisotopic (exact) mass is 435 g/mol. The first-order valence-electron chi connectivity index (χ1n) is 12.1. The van der Waals surface area contributed by atoms with Crippen LogP contribution in [0.25, 0.3) is 0 Å². The Balaban J connectivity index is 1.62. The first-order valence-corrected chi connectivity index (χ1v) is 12.1. The van der Waals surface area contributed by atoms with Crippen LogP contribution in [0.5, 0.6) is 0 Å². The van der Waals surface area contributed by atoms with Crippen LogP contribution in [0.4, 0.5) is 0 Å². The lowest BCUT2D eigenvalue weighted by Crippen LogP contribution is -2.56. The average Bonchev–Trinajstić information content (AvgIpc) is 2.77. The van der Waals surface area contributed by atoms with Gasteiger partial charge in [0.15, 0.2) is 6.04 Å². The predicted molar refractivity (Wildman–Crippen MR) is 127 cm³/mol. The largest absolute Gasteiger partial charge is 0.479 e. The Labute approximate surface area is 192 Å². The molecule has 3 aliphatic rings. The van der Waals surface area contributed by atoms with Gasteiger partial charge in [0.2, 0.25) is 5.91 Å². The van der Waals surface area contributed by atoms with E-state index in [9.17, 15) is 14.7 Å². The molecule has 0 bridgehead atoms. The molecule has 1 amide bonds. The van der Waals surface area contributed by atoms with Gasteiger partial charge in [-0.3, -0.25) is 4.79 Å². The minimum absolute atomic E-state index is 0.00121. The number of rotatable bonds is 5. The molecule has 0 heterocycles. The van der Waals surface area contributed by atoms with E-state index in [2.05, 4.69) is 44.8 Å². The van der Waals surface area contributed by atoms with Gasteiger partial charge in [-0.15, -0.1) is 6.58 Å². The standard InChI is InChI=1S/C28H37NO3/c1-5-26(2)17-14-21-20(18-26)12-13-22-27(21,3)15-9-16-28(22,4)25(32)29-23(24(30)31)19-10-7-6-8-11-19/h5-8,10-11,14,20,22-23H,1,9,12-13,15-18H2,2-4H3,(H,29,32)(H,30,31)/t20-,22-,23-,26-,27-,28+/m0/s1. The van der Waals surface area contributed by atoms with E-state index < -0.39 is 17.4 Å².